The minimum absolute atomic E-state index is 0.0534. The van der Waals surface area contributed by atoms with E-state index in [0.717, 1.165) is 36.2 Å². The van der Waals surface area contributed by atoms with Gasteiger partial charge >= 0.3 is 0 Å². The van der Waals surface area contributed by atoms with Crippen LogP contribution in [0.2, 0.25) is 0 Å². The highest BCUT2D eigenvalue weighted by molar-refractivity contribution is 6.15. The van der Waals surface area contributed by atoms with E-state index in [-0.39, 0.29) is 10.8 Å². The van der Waals surface area contributed by atoms with E-state index >= 15 is 0 Å². The second-order valence-electron chi connectivity index (χ2n) is 14.5. The predicted octanol–water partition coefficient (Wildman–Crippen LogP) is 13.8. The molecule has 4 nitrogen and oxygen atoms in total. The summed E-state index contributed by atoms with van der Waals surface area (Å²) in [4.78, 5) is 4.77. The van der Waals surface area contributed by atoms with Crippen LogP contribution < -0.4 is 9.47 Å². The summed E-state index contributed by atoms with van der Waals surface area (Å²) < 4.78 is 11.2. The van der Waals surface area contributed by atoms with Crippen LogP contribution in [0.1, 0.15) is 163 Å². The Kier molecular flexibility index (Phi) is 34.9. The van der Waals surface area contributed by atoms with E-state index < -0.39 is 0 Å². The summed E-state index contributed by atoms with van der Waals surface area (Å²) in [6.07, 6.45) is 8.86. The van der Waals surface area contributed by atoms with Gasteiger partial charge in [-0.2, -0.15) is 0 Å². The molecule has 2 rings (SSSR count). The number of methoxy groups -OCH3 is 2. The Morgan fingerprint density at radius 3 is 1.35 bits per heavy atom. The first-order chi connectivity index (χ1) is 22.7. The van der Waals surface area contributed by atoms with Crippen molar-refractivity contribution in [1.29, 1.82) is 0 Å². The van der Waals surface area contributed by atoms with Gasteiger partial charge in [-0.15, -0.1) is 11.6 Å². The number of benzene rings is 2. The monoisotopic (exact) mass is 708 g/mol. The van der Waals surface area contributed by atoms with Gasteiger partial charge in [-0.3, -0.25) is 4.99 Å². The zero-order valence-corrected chi connectivity index (χ0v) is 37.2. The molecule has 0 amide bonds. The molecule has 0 saturated heterocycles. The molecule has 1 N–H and O–H groups in total. The van der Waals surface area contributed by atoms with Crippen LogP contribution in [-0.2, 0) is 10.8 Å². The lowest BCUT2D eigenvalue weighted by molar-refractivity contribution is 0.353. The average molecular weight is 709 g/mol. The zero-order chi connectivity index (χ0) is 40.2. The Balaban J connectivity index is -0.000000213. The third kappa shape index (κ3) is 25.3. The number of ether oxygens (including phenoxy) is 2. The van der Waals surface area contributed by atoms with Crippen LogP contribution in [0.3, 0.4) is 0 Å². The number of rotatable bonds is 7. The zero-order valence-electron chi connectivity index (χ0n) is 36.5. The third-order valence-corrected chi connectivity index (χ3v) is 6.55. The molecular formula is C44H82ClNO3. The predicted molar refractivity (Wildman–Crippen MR) is 227 cm³/mol. The molecule has 2 aromatic carbocycles. The topological polar surface area (TPSA) is 51.0 Å². The maximum Gasteiger partial charge on any atom is 0.131 e. The maximum absolute atomic E-state index is 7.00. The van der Waals surface area contributed by atoms with E-state index in [0.29, 0.717) is 11.5 Å². The molecule has 0 radical (unpaired) electrons. The minimum atomic E-state index is 0.0534. The van der Waals surface area contributed by atoms with Gasteiger partial charge in [0.25, 0.3) is 0 Å². The van der Waals surface area contributed by atoms with Gasteiger partial charge in [-0.05, 0) is 73.1 Å². The minimum Gasteiger partial charge on any atom is -0.496 e. The molecule has 1 unspecified atom stereocenters. The van der Waals surface area contributed by atoms with Crippen molar-refractivity contribution in [1.82, 2.24) is 0 Å². The number of aliphatic hydroxyl groups excluding tert-OH is 1. The van der Waals surface area contributed by atoms with Crippen LogP contribution in [0.4, 0.5) is 0 Å². The van der Waals surface area contributed by atoms with Gasteiger partial charge in [-0.1, -0.05) is 135 Å². The molecule has 49 heavy (non-hydrogen) atoms. The average Bonchev–Trinajstić information content (AvgIpc) is 3.05. The molecule has 0 spiro atoms. The Bertz CT molecular complexity index is 1120. The molecule has 0 aromatic heterocycles. The molecule has 0 bridgehead atoms. The molecular weight excluding hydrogens is 626 g/mol. The van der Waals surface area contributed by atoms with Crippen molar-refractivity contribution >= 4 is 23.9 Å². The number of aryl methyl sites for hydroxylation is 2. The molecule has 1 atom stereocenters. The summed E-state index contributed by atoms with van der Waals surface area (Å²) in [5.41, 5.74) is 7.64. The number of aliphatic imine (C=N–C) groups is 1. The van der Waals surface area contributed by atoms with Crippen LogP contribution >= 0.6 is 11.6 Å². The number of hydrogen-bond acceptors (Lipinski definition) is 4. The summed E-state index contributed by atoms with van der Waals surface area (Å²) in [5.74, 6) is 1.90. The Morgan fingerprint density at radius 1 is 0.735 bits per heavy atom. The number of aliphatic hydroxyl groups is 1. The van der Waals surface area contributed by atoms with Gasteiger partial charge in [-0.25, -0.2) is 0 Å². The van der Waals surface area contributed by atoms with E-state index in [1.807, 2.05) is 40.0 Å². The fourth-order valence-corrected chi connectivity index (χ4v) is 4.34. The van der Waals surface area contributed by atoms with Gasteiger partial charge in [0.05, 0.1) is 14.2 Å². The van der Waals surface area contributed by atoms with E-state index in [4.69, 9.17) is 19.6 Å². The van der Waals surface area contributed by atoms with Crippen molar-refractivity contribution in [3.8, 4) is 11.5 Å². The van der Waals surface area contributed by atoms with Crippen molar-refractivity contribution in [3.63, 3.8) is 0 Å². The number of hydrogen-bond donors (Lipinski definition) is 1. The van der Waals surface area contributed by atoms with E-state index in [2.05, 4.69) is 139 Å². The maximum atomic E-state index is 7.00. The molecule has 0 heterocycles. The van der Waals surface area contributed by atoms with Gasteiger partial charge in [0.15, 0.2) is 0 Å². The lowest BCUT2D eigenvalue weighted by Crippen LogP contribution is -2.14. The fourth-order valence-electron chi connectivity index (χ4n) is 4.34. The van der Waals surface area contributed by atoms with Crippen molar-refractivity contribution in [2.24, 2.45) is 10.4 Å². The lowest BCUT2D eigenvalue weighted by atomic mass is 9.84. The third-order valence-electron chi connectivity index (χ3n) is 6.55. The summed E-state index contributed by atoms with van der Waals surface area (Å²) >= 11 is 4.64. The molecule has 0 saturated carbocycles. The van der Waals surface area contributed by atoms with Crippen molar-refractivity contribution in [2.45, 2.75) is 161 Å². The molecule has 2 aromatic rings. The van der Waals surface area contributed by atoms with Gasteiger partial charge in [0.2, 0.25) is 0 Å². The number of halogens is 1. The van der Waals surface area contributed by atoms with Crippen LogP contribution in [-0.4, -0.2) is 45.1 Å². The molecule has 5 heteroatoms. The second-order valence-corrected chi connectivity index (χ2v) is 14.5. The highest BCUT2D eigenvalue weighted by Gasteiger charge is 2.22. The van der Waals surface area contributed by atoms with Crippen LogP contribution in [0, 0.1) is 19.3 Å². The Morgan fingerprint density at radius 2 is 1.06 bits per heavy atom. The Hall–Kier alpha value is -2.30. The van der Waals surface area contributed by atoms with Crippen molar-refractivity contribution < 1.29 is 14.6 Å². The first-order valence-electron chi connectivity index (χ1n) is 18.1. The van der Waals surface area contributed by atoms with Gasteiger partial charge < -0.3 is 14.6 Å². The van der Waals surface area contributed by atoms with Crippen molar-refractivity contribution in [2.75, 3.05) is 27.7 Å². The van der Waals surface area contributed by atoms with E-state index in [1.165, 1.54) is 41.5 Å². The molecule has 0 aliphatic rings. The summed E-state index contributed by atoms with van der Waals surface area (Å²) in [6.45, 7) is 42.6. The molecule has 0 fully saturated rings. The van der Waals surface area contributed by atoms with Gasteiger partial charge in [0, 0.05) is 48.0 Å². The quantitative estimate of drug-likeness (QED) is 0.230. The highest BCUT2D eigenvalue weighted by Crippen LogP contribution is 2.36. The largest absolute Gasteiger partial charge is 0.496 e. The highest BCUT2D eigenvalue weighted by atomic mass is 35.5. The van der Waals surface area contributed by atoms with Crippen LogP contribution in [0.5, 0.6) is 11.5 Å². The fraction of sp³-hybridized carbons (Fsp3) is 0.659. The first kappa shape index (κ1) is 56.1. The molecule has 288 valence electrons. The number of nitrogens with zero attached hydrogens (tertiary/aromatic N) is 1. The van der Waals surface area contributed by atoms with Crippen LogP contribution in [0.15, 0.2) is 35.8 Å². The summed E-state index contributed by atoms with van der Waals surface area (Å²) in [7, 11) is 4.47. The molecule has 0 aliphatic heterocycles. The molecule has 0 aliphatic carbocycles. The second kappa shape index (κ2) is 30.5. The van der Waals surface area contributed by atoms with E-state index in [9.17, 15) is 0 Å². The summed E-state index contributed by atoms with van der Waals surface area (Å²) in [5, 5.41) is 7.00. The summed E-state index contributed by atoms with van der Waals surface area (Å²) in [6, 6.07) is 9.00. The van der Waals surface area contributed by atoms with Gasteiger partial charge in [0.1, 0.15) is 11.5 Å². The SMILES string of the molecule is C=Cc1cc(C)cc(C(C)(C)C)c1OC.CC.CC.CCC.CCl.CO.COc1c(C=NC(C)CCC(C)(C)C)cc(C)cc1C(C)(C)C. The Labute approximate surface area is 312 Å². The standard InChI is InChI=1S/C21H35NO.C14H20O.C3H8.2C2H6.CH3Cl.CH4O/c1-15-12-17(14-22-16(2)10-11-20(3,4)5)19(23-9)18(13-15)21(6,7)8;1-7-11-8-10(2)9-12(13(11)15-6)14(3,4)5;1-3-2;4*1-2/h12-14,16H,10-11H2,1-9H3;7-9H,1H2,2-6H3;3H2,1-2H3;2*1-2H3;1H3;2H,1H3. The lowest BCUT2D eigenvalue weighted by Gasteiger charge is -2.24. The first-order valence-corrected chi connectivity index (χ1v) is 18.9. The van der Waals surface area contributed by atoms with Crippen molar-refractivity contribution in [3.05, 3.63) is 64.2 Å². The van der Waals surface area contributed by atoms with Crippen LogP contribution in [0.25, 0.3) is 6.08 Å². The smallest absolute Gasteiger partial charge is 0.131 e. The van der Waals surface area contributed by atoms with E-state index in [1.54, 1.807) is 14.2 Å². The normalized spacial score (nSPS) is 11.0. The number of alkyl halides is 1.